The van der Waals surface area contributed by atoms with Crippen molar-refractivity contribution in [1.29, 1.82) is 0 Å². The molecule has 0 saturated carbocycles. The first kappa shape index (κ1) is 15.3. The molecule has 1 heterocycles. The van der Waals surface area contributed by atoms with Crippen LogP contribution < -0.4 is 10.5 Å². The zero-order valence-electron chi connectivity index (χ0n) is 12.7. The summed E-state index contributed by atoms with van der Waals surface area (Å²) in [7, 11) is 1.70. The molecule has 2 rings (SSSR count). The molecule has 20 heavy (non-hydrogen) atoms. The fraction of sp³-hybridized carbons (Fsp3) is 0.625. The van der Waals surface area contributed by atoms with E-state index in [9.17, 15) is 0 Å². The van der Waals surface area contributed by atoms with Gasteiger partial charge in [0, 0.05) is 45.3 Å². The molecule has 1 atom stereocenters. The van der Waals surface area contributed by atoms with Crippen molar-refractivity contribution in [2.75, 3.05) is 39.8 Å². The molecule has 0 amide bonds. The van der Waals surface area contributed by atoms with Crippen LogP contribution in [0.5, 0.6) is 5.75 Å². The molecule has 1 aliphatic rings. The van der Waals surface area contributed by atoms with E-state index in [0.29, 0.717) is 6.04 Å². The second-order valence-electron chi connectivity index (χ2n) is 5.46. The molecule has 0 bridgehead atoms. The maximum Gasteiger partial charge on any atom is 0.118 e. The number of ether oxygens (including phenoxy) is 1. The normalized spacial score (nSPS) is 18.9. The number of nitrogens with two attached hydrogens (primary N) is 1. The summed E-state index contributed by atoms with van der Waals surface area (Å²) in [5, 5.41) is 0. The van der Waals surface area contributed by atoms with Gasteiger partial charge in [-0.25, -0.2) is 0 Å². The molecule has 1 aromatic carbocycles. The number of benzene rings is 1. The van der Waals surface area contributed by atoms with Crippen LogP contribution in [0.1, 0.15) is 18.9 Å². The summed E-state index contributed by atoms with van der Waals surface area (Å²) >= 11 is 0. The average Bonchev–Trinajstić information content (AvgIpc) is 2.51. The molecule has 0 aromatic heterocycles. The maximum atomic E-state index is 5.83. The molecule has 0 spiro atoms. The van der Waals surface area contributed by atoms with Crippen molar-refractivity contribution in [3.05, 3.63) is 29.8 Å². The fourth-order valence-electron chi connectivity index (χ4n) is 2.85. The summed E-state index contributed by atoms with van der Waals surface area (Å²) in [6, 6.07) is 8.93. The Morgan fingerprint density at radius 3 is 2.30 bits per heavy atom. The second-order valence-corrected chi connectivity index (χ2v) is 5.46. The number of hydrogen-bond donors (Lipinski definition) is 1. The molecule has 112 valence electrons. The van der Waals surface area contributed by atoms with Crippen LogP contribution in [-0.4, -0.2) is 55.7 Å². The first-order valence-electron chi connectivity index (χ1n) is 7.56. The predicted molar refractivity (Wildman–Crippen MR) is 83.0 cm³/mol. The predicted octanol–water partition coefficient (Wildman–Crippen LogP) is 1.55. The van der Waals surface area contributed by atoms with Gasteiger partial charge in [-0.05, 0) is 24.1 Å². The Balaban J connectivity index is 1.81. The van der Waals surface area contributed by atoms with Crippen LogP contribution in [0.15, 0.2) is 24.3 Å². The van der Waals surface area contributed by atoms with Gasteiger partial charge in [-0.1, -0.05) is 19.1 Å². The number of methoxy groups -OCH3 is 1. The van der Waals surface area contributed by atoms with E-state index in [0.717, 1.165) is 51.4 Å². The topological polar surface area (TPSA) is 41.7 Å². The molecular weight excluding hydrogens is 250 g/mol. The molecular formula is C16H27N3O. The molecule has 1 aliphatic heterocycles. The van der Waals surface area contributed by atoms with Crippen LogP contribution >= 0.6 is 0 Å². The lowest BCUT2D eigenvalue weighted by atomic mass is 10.1. The van der Waals surface area contributed by atoms with Gasteiger partial charge in [0.05, 0.1) is 7.11 Å². The van der Waals surface area contributed by atoms with Gasteiger partial charge in [0.2, 0.25) is 0 Å². The van der Waals surface area contributed by atoms with E-state index < -0.39 is 0 Å². The van der Waals surface area contributed by atoms with Crippen molar-refractivity contribution in [1.82, 2.24) is 9.80 Å². The number of rotatable bonds is 6. The Morgan fingerprint density at radius 2 is 1.80 bits per heavy atom. The minimum Gasteiger partial charge on any atom is -0.497 e. The van der Waals surface area contributed by atoms with Crippen molar-refractivity contribution < 1.29 is 4.74 Å². The third-order valence-electron chi connectivity index (χ3n) is 4.23. The van der Waals surface area contributed by atoms with Gasteiger partial charge in [-0.15, -0.1) is 0 Å². The molecule has 0 aliphatic carbocycles. The second kappa shape index (κ2) is 7.62. The van der Waals surface area contributed by atoms with E-state index >= 15 is 0 Å². The highest BCUT2D eigenvalue weighted by molar-refractivity contribution is 5.27. The van der Waals surface area contributed by atoms with Gasteiger partial charge in [0.15, 0.2) is 0 Å². The third kappa shape index (κ3) is 3.95. The monoisotopic (exact) mass is 277 g/mol. The highest BCUT2D eigenvalue weighted by Crippen LogP contribution is 2.15. The van der Waals surface area contributed by atoms with Crippen LogP contribution in [-0.2, 0) is 6.54 Å². The molecule has 1 unspecified atom stereocenters. The van der Waals surface area contributed by atoms with E-state index in [1.165, 1.54) is 5.56 Å². The summed E-state index contributed by atoms with van der Waals surface area (Å²) in [6.07, 6.45) is 1.15. The van der Waals surface area contributed by atoms with E-state index in [4.69, 9.17) is 10.5 Å². The number of hydrogen-bond acceptors (Lipinski definition) is 4. The standard InChI is InChI=1S/C16H27N3O/c1-3-15(12-17)19-10-8-18(9-11-19)13-14-4-6-16(20-2)7-5-14/h4-7,15H,3,8-13,17H2,1-2H3. The molecule has 4 heteroatoms. The Morgan fingerprint density at radius 1 is 1.15 bits per heavy atom. The van der Waals surface area contributed by atoms with Crippen molar-refractivity contribution >= 4 is 0 Å². The maximum absolute atomic E-state index is 5.83. The quantitative estimate of drug-likeness (QED) is 0.856. The van der Waals surface area contributed by atoms with Crippen LogP contribution in [0.4, 0.5) is 0 Å². The minimum absolute atomic E-state index is 0.554. The van der Waals surface area contributed by atoms with E-state index in [-0.39, 0.29) is 0 Å². The molecule has 1 saturated heterocycles. The highest BCUT2D eigenvalue weighted by Gasteiger charge is 2.21. The van der Waals surface area contributed by atoms with Crippen LogP contribution in [0.3, 0.4) is 0 Å². The van der Waals surface area contributed by atoms with E-state index in [1.54, 1.807) is 7.11 Å². The Kier molecular flexibility index (Phi) is 5.83. The lowest BCUT2D eigenvalue weighted by molar-refractivity contribution is 0.0926. The van der Waals surface area contributed by atoms with Gasteiger partial charge in [0.1, 0.15) is 5.75 Å². The average molecular weight is 277 g/mol. The van der Waals surface area contributed by atoms with Crippen molar-refractivity contribution in [3.8, 4) is 5.75 Å². The van der Waals surface area contributed by atoms with Crippen LogP contribution in [0.25, 0.3) is 0 Å². The fourth-order valence-corrected chi connectivity index (χ4v) is 2.85. The van der Waals surface area contributed by atoms with Crippen LogP contribution in [0, 0.1) is 0 Å². The zero-order chi connectivity index (χ0) is 14.4. The zero-order valence-corrected chi connectivity index (χ0v) is 12.7. The first-order chi connectivity index (χ1) is 9.76. The smallest absolute Gasteiger partial charge is 0.118 e. The molecule has 1 aromatic rings. The van der Waals surface area contributed by atoms with Gasteiger partial charge in [-0.2, -0.15) is 0 Å². The highest BCUT2D eigenvalue weighted by atomic mass is 16.5. The van der Waals surface area contributed by atoms with Gasteiger partial charge < -0.3 is 10.5 Å². The van der Waals surface area contributed by atoms with Gasteiger partial charge in [0.25, 0.3) is 0 Å². The molecule has 2 N–H and O–H groups in total. The van der Waals surface area contributed by atoms with Crippen molar-refractivity contribution in [2.24, 2.45) is 5.73 Å². The van der Waals surface area contributed by atoms with Crippen molar-refractivity contribution in [2.45, 2.75) is 25.9 Å². The Hall–Kier alpha value is -1.10. The first-order valence-corrected chi connectivity index (χ1v) is 7.56. The molecule has 1 fully saturated rings. The molecule has 0 radical (unpaired) electrons. The van der Waals surface area contributed by atoms with E-state index in [1.807, 2.05) is 12.1 Å². The largest absolute Gasteiger partial charge is 0.497 e. The molecule has 4 nitrogen and oxygen atoms in total. The summed E-state index contributed by atoms with van der Waals surface area (Å²) < 4.78 is 5.19. The number of piperazine rings is 1. The third-order valence-corrected chi connectivity index (χ3v) is 4.23. The van der Waals surface area contributed by atoms with E-state index in [2.05, 4.69) is 28.9 Å². The summed E-state index contributed by atoms with van der Waals surface area (Å²) in [6.45, 7) is 8.54. The summed E-state index contributed by atoms with van der Waals surface area (Å²) in [4.78, 5) is 5.05. The Labute approximate surface area is 122 Å². The minimum atomic E-state index is 0.554. The van der Waals surface area contributed by atoms with Crippen LogP contribution in [0.2, 0.25) is 0 Å². The SMILES string of the molecule is CCC(CN)N1CCN(Cc2ccc(OC)cc2)CC1. The summed E-state index contributed by atoms with van der Waals surface area (Å²) in [5.41, 5.74) is 7.18. The summed E-state index contributed by atoms with van der Waals surface area (Å²) in [5.74, 6) is 0.923. The lowest BCUT2D eigenvalue weighted by Crippen LogP contribution is -2.51. The van der Waals surface area contributed by atoms with Gasteiger partial charge >= 0.3 is 0 Å². The lowest BCUT2D eigenvalue weighted by Gasteiger charge is -2.38. The number of nitrogens with zero attached hydrogens (tertiary/aromatic N) is 2. The Bertz CT molecular complexity index is 381. The van der Waals surface area contributed by atoms with Gasteiger partial charge in [-0.3, -0.25) is 9.80 Å². The van der Waals surface area contributed by atoms with Crippen molar-refractivity contribution in [3.63, 3.8) is 0 Å².